The van der Waals surface area contributed by atoms with Crippen LogP contribution in [0.5, 0.6) is 0 Å². The fourth-order valence-electron chi connectivity index (χ4n) is 1.59. The Balaban J connectivity index is 3.44. The summed E-state index contributed by atoms with van der Waals surface area (Å²) in [5.74, 6) is 0. The molecule has 0 aliphatic heterocycles. The van der Waals surface area contributed by atoms with Crippen molar-refractivity contribution in [2.45, 2.75) is 50.4 Å². The second-order valence-corrected chi connectivity index (χ2v) is 7.51. The van der Waals surface area contributed by atoms with Gasteiger partial charge in [-0.1, -0.05) is 11.6 Å². The van der Waals surface area contributed by atoms with Crippen LogP contribution in [0.2, 0.25) is 5.02 Å². The average molecular weight is 325 g/mol. The van der Waals surface area contributed by atoms with Gasteiger partial charge < -0.3 is 5.11 Å². The second kappa shape index (κ2) is 5.93. The van der Waals surface area contributed by atoms with Crippen molar-refractivity contribution in [1.29, 1.82) is 0 Å². The highest BCUT2D eigenvalue weighted by Gasteiger charge is 2.32. The molecule has 0 amide bonds. The predicted octanol–water partition coefficient (Wildman–Crippen LogP) is 2.20. The summed E-state index contributed by atoms with van der Waals surface area (Å²) in [7, 11) is -4.03. The van der Waals surface area contributed by atoms with Crippen LogP contribution in [-0.2, 0) is 10.0 Å². The summed E-state index contributed by atoms with van der Waals surface area (Å²) < 4.78 is 40.4. The molecule has 2 unspecified atom stereocenters. The van der Waals surface area contributed by atoms with E-state index in [9.17, 15) is 17.9 Å². The minimum absolute atomic E-state index is 0.119. The maximum atomic E-state index is 13.3. The molecule has 2 atom stereocenters. The molecule has 0 saturated heterocycles. The van der Waals surface area contributed by atoms with Gasteiger partial charge in [-0.2, -0.15) is 0 Å². The van der Waals surface area contributed by atoms with Gasteiger partial charge in [0.25, 0.3) is 0 Å². The van der Waals surface area contributed by atoms with Crippen LogP contribution < -0.4 is 4.72 Å². The third kappa shape index (κ3) is 4.12. The lowest BCUT2D eigenvalue weighted by atomic mass is 10.1. The van der Waals surface area contributed by atoms with Gasteiger partial charge in [-0.25, -0.2) is 17.5 Å². The highest BCUT2D eigenvalue weighted by Crippen LogP contribution is 2.30. The van der Waals surface area contributed by atoms with E-state index in [2.05, 4.69) is 9.71 Å². The minimum atomic E-state index is -4.03. The van der Waals surface area contributed by atoms with E-state index in [1.54, 1.807) is 20.8 Å². The van der Waals surface area contributed by atoms with Gasteiger partial charge >= 0.3 is 0 Å². The Hall–Kier alpha value is -0.760. The van der Waals surface area contributed by atoms with E-state index in [1.165, 1.54) is 12.3 Å². The number of aromatic nitrogens is 1. The quantitative estimate of drug-likeness (QED) is 0.890. The van der Waals surface area contributed by atoms with E-state index in [0.717, 1.165) is 6.92 Å². The maximum absolute atomic E-state index is 13.3. The summed E-state index contributed by atoms with van der Waals surface area (Å²) in [5, 5.41) is 9.66. The summed E-state index contributed by atoms with van der Waals surface area (Å²) in [6.45, 7) is 6.08. The lowest BCUT2D eigenvalue weighted by Gasteiger charge is -2.23. The molecule has 1 rings (SSSR count). The Morgan fingerprint density at radius 2 is 2.00 bits per heavy atom. The van der Waals surface area contributed by atoms with E-state index in [4.69, 9.17) is 11.6 Å². The lowest BCUT2D eigenvalue weighted by molar-refractivity contribution is 0.0821. The number of nitrogens with zero attached hydrogens (tertiary/aromatic N) is 1. The molecule has 0 bridgehead atoms. The molecule has 0 saturated carbocycles. The molecular weight excluding hydrogens is 307 g/mol. The van der Waals surface area contributed by atoms with E-state index >= 15 is 0 Å². The lowest BCUT2D eigenvalue weighted by Crippen LogP contribution is -2.41. The minimum Gasteiger partial charge on any atom is -0.384 e. The van der Waals surface area contributed by atoms with Crippen LogP contribution in [0, 0.1) is 0 Å². The van der Waals surface area contributed by atoms with Crippen LogP contribution in [0.1, 0.15) is 39.5 Å². The highest BCUT2D eigenvalue weighted by molar-refractivity contribution is 7.89. The van der Waals surface area contributed by atoms with Crippen molar-refractivity contribution in [3.63, 3.8) is 0 Å². The number of alkyl halides is 1. The summed E-state index contributed by atoms with van der Waals surface area (Å²) >= 11 is 5.90. The third-order valence-electron chi connectivity index (χ3n) is 2.31. The van der Waals surface area contributed by atoms with E-state index in [0.29, 0.717) is 0 Å². The van der Waals surface area contributed by atoms with E-state index in [-0.39, 0.29) is 10.7 Å². The topological polar surface area (TPSA) is 79.3 Å². The zero-order valence-corrected chi connectivity index (χ0v) is 13.3. The van der Waals surface area contributed by atoms with Crippen molar-refractivity contribution in [2.75, 3.05) is 0 Å². The van der Waals surface area contributed by atoms with Gasteiger partial charge in [0.05, 0.1) is 10.7 Å². The number of aliphatic hydroxyl groups is 1. The monoisotopic (exact) mass is 324 g/mol. The first-order valence-corrected chi connectivity index (χ1v) is 7.82. The van der Waals surface area contributed by atoms with Crippen molar-refractivity contribution in [3.05, 3.63) is 23.0 Å². The molecule has 0 fully saturated rings. The zero-order valence-electron chi connectivity index (χ0n) is 11.7. The van der Waals surface area contributed by atoms with Crippen LogP contribution >= 0.6 is 11.6 Å². The molecule has 0 radical (unpaired) electrons. The first-order chi connectivity index (χ1) is 8.96. The van der Waals surface area contributed by atoms with E-state index in [1.807, 2.05) is 0 Å². The summed E-state index contributed by atoms with van der Waals surface area (Å²) in [6.07, 6.45) is -2.12. The Morgan fingerprint density at radius 3 is 2.45 bits per heavy atom. The normalized spacial score (nSPS) is 15.9. The number of pyridine rings is 1. The molecule has 1 aromatic rings. The molecule has 0 spiro atoms. The SMILES string of the molecule is CC(F)C(O)c1nccc(Cl)c1S(=O)(=O)NC(C)(C)C. The molecule has 1 heterocycles. The van der Waals surface area contributed by atoms with Crippen molar-refractivity contribution < 1.29 is 17.9 Å². The van der Waals surface area contributed by atoms with Crippen molar-refractivity contribution in [1.82, 2.24) is 9.71 Å². The summed E-state index contributed by atoms with van der Waals surface area (Å²) in [6, 6.07) is 1.28. The van der Waals surface area contributed by atoms with Gasteiger partial charge in [0.2, 0.25) is 10.0 Å². The molecule has 1 aromatic heterocycles. The molecule has 0 aliphatic carbocycles. The Labute approximate surface area is 123 Å². The molecular formula is C12H18ClFN2O3S. The predicted molar refractivity (Wildman–Crippen MR) is 74.9 cm³/mol. The second-order valence-electron chi connectivity index (χ2n) is 5.49. The molecule has 114 valence electrons. The van der Waals surface area contributed by atoms with Gasteiger partial charge in [0.15, 0.2) is 0 Å². The zero-order chi connectivity index (χ0) is 15.7. The Bertz CT molecular complexity index is 585. The molecule has 2 N–H and O–H groups in total. The van der Waals surface area contributed by atoms with E-state index < -0.39 is 32.7 Å². The first kappa shape index (κ1) is 17.3. The smallest absolute Gasteiger partial charge is 0.244 e. The number of rotatable bonds is 4. The maximum Gasteiger partial charge on any atom is 0.244 e. The fourth-order valence-corrected chi connectivity index (χ4v) is 3.73. The van der Waals surface area contributed by atoms with Crippen LogP contribution in [0.25, 0.3) is 0 Å². The summed E-state index contributed by atoms with van der Waals surface area (Å²) in [4.78, 5) is 3.37. The van der Waals surface area contributed by atoms with Crippen molar-refractivity contribution >= 4 is 21.6 Å². The van der Waals surface area contributed by atoms with Crippen LogP contribution in [0.3, 0.4) is 0 Å². The van der Waals surface area contributed by atoms with Crippen LogP contribution in [0.15, 0.2) is 17.2 Å². The summed E-state index contributed by atoms with van der Waals surface area (Å²) in [5.41, 5.74) is -1.05. The number of nitrogens with one attached hydrogen (secondary N) is 1. The van der Waals surface area contributed by atoms with Crippen LogP contribution in [-0.4, -0.2) is 30.2 Å². The molecule has 5 nitrogen and oxygen atoms in total. The van der Waals surface area contributed by atoms with Gasteiger partial charge in [-0.3, -0.25) is 4.98 Å². The average Bonchev–Trinajstić information content (AvgIpc) is 2.23. The fraction of sp³-hybridized carbons (Fsp3) is 0.583. The molecule has 0 aliphatic rings. The standard InChI is InChI=1S/C12H18ClFN2O3S/c1-7(14)10(17)9-11(8(13)5-6-15-9)20(18,19)16-12(2,3)4/h5-7,10,16-17H,1-4H3. The number of hydrogen-bond acceptors (Lipinski definition) is 4. The molecule has 8 heteroatoms. The largest absolute Gasteiger partial charge is 0.384 e. The van der Waals surface area contributed by atoms with Crippen LogP contribution in [0.4, 0.5) is 4.39 Å². The molecule has 0 aromatic carbocycles. The van der Waals surface area contributed by atoms with Crippen molar-refractivity contribution in [2.24, 2.45) is 0 Å². The molecule has 20 heavy (non-hydrogen) atoms. The third-order valence-corrected chi connectivity index (χ3v) is 4.58. The van der Waals surface area contributed by atoms with Gasteiger partial charge in [0, 0.05) is 11.7 Å². The van der Waals surface area contributed by atoms with Gasteiger partial charge in [-0.05, 0) is 33.8 Å². The van der Waals surface area contributed by atoms with Gasteiger partial charge in [-0.15, -0.1) is 0 Å². The van der Waals surface area contributed by atoms with Gasteiger partial charge in [0.1, 0.15) is 17.2 Å². The highest BCUT2D eigenvalue weighted by atomic mass is 35.5. The number of sulfonamides is 1. The number of halogens is 2. The van der Waals surface area contributed by atoms with Crippen molar-refractivity contribution in [3.8, 4) is 0 Å². The Kier molecular flexibility index (Phi) is 5.13. The first-order valence-electron chi connectivity index (χ1n) is 5.96. The number of aliphatic hydroxyl groups excluding tert-OH is 1. The Morgan fingerprint density at radius 1 is 1.45 bits per heavy atom. The number of hydrogen-bond donors (Lipinski definition) is 2.